The Morgan fingerprint density at radius 2 is 1.79 bits per heavy atom. The van der Waals surface area contributed by atoms with Crippen LogP contribution in [0, 0.1) is 22.9 Å². The molecule has 1 aromatic heterocycles. The second-order valence-electron chi connectivity index (χ2n) is 11.0. The summed E-state index contributed by atoms with van der Waals surface area (Å²) in [4.78, 5) is 33.0. The maximum atomic E-state index is 14.0. The lowest BCUT2D eigenvalue weighted by Crippen LogP contribution is -2.65. The molecule has 1 aromatic carbocycles. The molecular weight excluding hydrogens is 530 g/mol. The molecule has 2 amide bonds. The fourth-order valence-electron chi connectivity index (χ4n) is 6.11. The Hall–Kier alpha value is -3.13. The molecule has 212 valence electrons. The van der Waals surface area contributed by atoms with Gasteiger partial charge in [0.15, 0.2) is 17.3 Å². The van der Waals surface area contributed by atoms with Crippen molar-refractivity contribution in [2.75, 3.05) is 26.7 Å². The van der Waals surface area contributed by atoms with Gasteiger partial charge in [-0.3, -0.25) is 9.59 Å². The number of amides is 2. The van der Waals surface area contributed by atoms with Crippen molar-refractivity contribution in [2.45, 2.75) is 57.0 Å². The number of nitrogens with two attached hydrogens (primary N) is 1. The third kappa shape index (κ3) is 5.36. The molecule has 2 aliphatic heterocycles. The van der Waals surface area contributed by atoms with Gasteiger partial charge in [0.05, 0.1) is 12.2 Å². The number of benzene rings is 1. The molecule has 2 aromatic rings. The molecule has 3 N–H and O–H groups in total. The van der Waals surface area contributed by atoms with Gasteiger partial charge in [0, 0.05) is 50.7 Å². The summed E-state index contributed by atoms with van der Waals surface area (Å²) in [6.45, 7) is 1.22. The number of aromatic nitrogens is 2. The standard InChI is InChI=1S/C25H28F6N6O2/c1-35-11-24(12-35)8-15(9-24)33-22(39)21-19-10-36(2-3-37(19)23(34-21)25(29,30)31)20(38)6-14(32)4-13-5-17(27)18(28)7-16(13)26/h5,7,14-15H,2-4,6,8-12,32H2,1H3,(H,33,39)/t14-/m1/s1. The van der Waals surface area contributed by atoms with Crippen LogP contribution in [-0.2, 0) is 30.5 Å². The summed E-state index contributed by atoms with van der Waals surface area (Å²) in [6, 6.07) is -0.0581. The molecule has 2 fully saturated rings. The average Bonchev–Trinajstić information content (AvgIpc) is 3.19. The van der Waals surface area contributed by atoms with Gasteiger partial charge in [-0.15, -0.1) is 0 Å². The van der Waals surface area contributed by atoms with Gasteiger partial charge in [0.25, 0.3) is 5.91 Å². The highest BCUT2D eigenvalue weighted by atomic mass is 19.4. The Bertz CT molecular complexity index is 1300. The van der Waals surface area contributed by atoms with Gasteiger partial charge in [0.1, 0.15) is 5.82 Å². The van der Waals surface area contributed by atoms with Gasteiger partial charge in [-0.1, -0.05) is 0 Å². The van der Waals surface area contributed by atoms with Crippen LogP contribution in [0.1, 0.15) is 46.8 Å². The van der Waals surface area contributed by atoms with Gasteiger partial charge in [-0.2, -0.15) is 13.2 Å². The average molecular weight is 559 g/mol. The van der Waals surface area contributed by atoms with Crippen LogP contribution in [0.3, 0.4) is 0 Å². The zero-order valence-electron chi connectivity index (χ0n) is 21.1. The maximum Gasteiger partial charge on any atom is 0.449 e. The van der Waals surface area contributed by atoms with Gasteiger partial charge >= 0.3 is 6.18 Å². The van der Waals surface area contributed by atoms with E-state index in [1.807, 2.05) is 7.05 Å². The van der Waals surface area contributed by atoms with Gasteiger partial charge in [-0.05, 0) is 43.4 Å². The lowest BCUT2D eigenvalue weighted by molar-refractivity contribution is -0.148. The molecule has 0 radical (unpaired) electrons. The predicted molar refractivity (Wildman–Crippen MR) is 126 cm³/mol. The second kappa shape index (κ2) is 9.81. The highest BCUT2D eigenvalue weighted by molar-refractivity contribution is 5.94. The van der Waals surface area contributed by atoms with E-state index < -0.39 is 47.3 Å². The molecule has 3 heterocycles. The minimum atomic E-state index is -4.80. The Balaban J connectivity index is 1.27. The number of alkyl halides is 3. The van der Waals surface area contributed by atoms with Crippen LogP contribution in [-0.4, -0.2) is 69.9 Å². The van der Waals surface area contributed by atoms with Crippen molar-refractivity contribution in [1.82, 2.24) is 24.7 Å². The second-order valence-corrected chi connectivity index (χ2v) is 11.0. The van der Waals surface area contributed by atoms with Gasteiger partial charge < -0.3 is 25.4 Å². The van der Waals surface area contributed by atoms with E-state index in [9.17, 15) is 35.9 Å². The highest BCUT2D eigenvalue weighted by Gasteiger charge is 2.51. The molecule has 0 unspecified atom stereocenters. The molecule has 39 heavy (non-hydrogen) atoms. The van der Waals surface area contributed by atoms with E-state index in [2.05, 4.69) is 15.2 Å². The monoisotopic (exact) mass is 558 g/mol. The smallest absolute Gasteiger partial charge is 0.348 e. The van der Waals surface area contributed by atoms with Crippen LogP contribution >= 0.6 is 0 Å². The number of rotatable bonds is 6. The third-order valence-electron chi connectivity index (χ3n) is 7.74. The van der Waals surface area contributed by atoms with E-state index in [1.165, 1.54) is 4.90 Å². The normalized spacial score (nSPS) is 19.8. The van der Waals surface area contributed by atoms with Crippen molar-refractivity contribution in [3.63, 3.8) is 0 Å². The molecule has 1 spiro atoms. The number of imidazole rings is 1. The van der Waals surface area contributed by atoms with E-state index >= 15 is 0 Å². The van der Waals surface area contributed by atoms with Crippen molar-refractivity contribution in [1.29, 1.82) is 0 Å². The summed E-state index contributed by atoms with van der Waals surface area (Å²) in [7, 11) is 1.99. The molecule has 1 atom stereocenters. The van der Waals surface area contributed by atoms with Crippen LogP contribution < -0.4 is 11.1 Å². The van der Waals surface area contributed by atoms with Crippen molar-refractivity contribution in [3.8, 4) is 0 Å². The molecular formula is C25H28F6N6O2. The maximum absolute atomic E-state index is 14.0. The predicted octanol–water partition coefficient (Wildman–Crippen LogP) is 2.45. The zero-order valence-corrected chi connectivity index (χ0v) is 21.1. The first-order valence-electron chi connectivity index (χ1n) is 12.6. The van der Waals surface area contributed by atoms with Gasteiger partial charge in [-0.25, -0.2) is 18.2 Å². The zero-order chi connectivity index (χ0) is 28.3. The molecule has 5 rings (SSSR count). The Labute approximate surface area is 220 Å². The summed E-state index contributed by atoms with van der Waals surface area (Å²) in [5.41, 5.74) is 5.51. The number of fused-ring (bicyclic) bond motifs is 1. The van der Waals surface area contributed by atoms with Crippen molar-refractivity contribution >= 4 is 11.8 Å². The number of halogens is 6. The van der Waals surface area contributed by atoms with Gasteiger partial charge in [0.2, 0.25) is 11.7 Å². The van der Waals surface area contributed by atoms with E-state index in [0.29, 0.717) is 12.1 Å². The van der Waals surface area contributed by atoms with E-state index in [1.54, 1.807) is 0 Å². The fourth-order valence-corrected chi connectivity index (χ4v) is 6.11. The number of likely N-dealkylation sites (tertiary alicyclic amines) is 1. The quantitative estimate of drug-likeness (QED) is 0.420. The van der Waals surface area contributed by atoms with Crippen LogP contribution in [0.5, 0.6) is 0 Å². The summed E-state index contributed by atoms with van der Waals surface area (Å²) >= 11 is 0. The summed E-state index contributed by atoms with van der Waals surface area (Å²) in [5.74, 6) is -6.06. The van der Waals surface area contributed by atoms with E-state index in [4.69, 9.17) is 5.73 Å². The number of hydrogen-bond donors (Lipinski definition) is 2. The number of nitrogens with one attached hydrogen (secondary N) is 1. The molecule has 8 nitrogen and oxygen atoms in total. The van der Waals surface area contributed by atoms with Crippen LogP contribution in [0.25, 0.3) is 0 Å². The van der Waals surface area contributed by atoms with Crippen LogP contribution in [0.15, 0.2) is 12.1 Å². The first-order chi connectivity index (χ1) is 18.2. The highest BCUT2D eigenvalue weighted by Crippen LogP contribution is 2.47. The first kappa shape index (κ1) is 27.4. The molecule has 3 aliphatic rings. The topological polar surface area (TPSA) is 96.5 Å². The van der Waals surface area contributed by atoms with Crippen molar-refractivity contribution in [2.24, 2.45) is 11.1 Å². The Morgan fingerprint density at radius 1 is 1.13 bits per heavy atom. The number of hydrogen-bond acceptors (Lipinski definition) is 5. The fraction of sp³-hybridized carbons (Fsp3) is 0.560. The third-order valence-corrected chi connectivity index (χ3v) is 7.74. The molecule has 1 saturated heterocycles. The minimum absolute atomic E-state index is 0.0305. The summed E-state index contributed by atoms with van der Waals surface area (Å²) in [5, 5.41) is 2.79. The summed E-state index contributed by atoms with van der Waals surface area (Å²) < 4.78 is 82.7. The van der Waals surface area contributed by atoms with E-state index in [0.717, 1.165) is 30.5 Å². The number of nitrogens with zero attached hydrogens (tertiary/aromatic N) is 4. The summed E-state index contributed by atoms with van der Waals surface area (Å²) in [6.07, 6.45) is -3.89. The van der Waals surface area contributed by atoms with Crippen LogP contribution in [0.4, 0.5) is 26.3 Å². The molecule has 1 aliphatic carbocycles. The minimum Gasteiger partial charge on any atom is -0.348 e. The van der Waals surface area contributed by atoms with Crippen molar-refractivity contribution < 1.29 is 35.9 Å². The molecule has 14 heteroatoms. The van der Waals surface area contributed by atoms with Crippen molar-refractivity contribution in [3.05, 3.63) is 52.4 Å². The Morgan fingerprint density at radius 3 is 2.44 bits per heavy atom. The Kier molecular flexibility index (Phi) is 6.90. The van der Waals surface area contributed by atoms with Crippen LogP contribution in [0.2, 0.25) is 0 Å². The largest absolute Gasteiger partial charge is 0.449 e. The SMILES string of the molecule is CN1CC2(CC(NC(=O)c3nc(C(F)(F)F)n4c3CN(C(=O)C[C@H](N)Cc3cc(F)c(F)cc3F)CC4)C2)C1. The lowest BCUT2D eigenvalue weighted by atomic mass is 9.61. The van der Waals surface area contributed by atoms with E-state index in [-0.39, 0.29) is 60.9 Å². The lowest BCUT2D eigenvalue weighted by Gasteiger charge is -2.58. The number of carbonyl (C=O) groups excluding carboxylic acids is 2. The first-order valence-corrected chi connectivity index (χ1v) is 12.6. The number of carbonyl (C=O) groups is 2. The molecule has 1 saturated carbocycles. The molecule has 0 bridgehead atoms.